The van der Waals surface area contributed by atoms with Gasteiger partial charge in [0.05, 0.1) is 6.10 Å². The number of hydrogen-bond donors (Lipinski definition) is 1. The van der Waals surface area contributed by atoms with E-state index in [4.69, 9.17) is 9.84 Å². The van der Waals surface area contributed by atoms with Gasteiger partial charge in [-0.3, -0.25) is 9.69 Å². The summed E-state index contributed by atoms with van der Waals surface area (Å²) in [7, 11) is 0. The summed E-state index contributed by atoms with van der Waals surface area (Å²) in [5, 5.41) is 8.91. The van der Waals surface area contributed by atoms with Crippen LogP contribution in [-0.4, -0.2) is 47.8 Å². The smallest absolute Gasteiger partial charge is 0.320 e. The molecular formula is C11H21NO3. The molecule has 1 saturated heterocycles. The predicted octanol–water partition coefficient (Wildman–Crippen LogP) is 1.35. The molecule has 0 aromatic carbocycles. The molecular weight excluding hydrogens is 194 g/mol. The lowest BCUT2D eigenvalue weighted by Crippen LogP contribution is -2.47. The zero-order valence-corrected chi connectivity index (χ0v) is 9.61. The van der Waals surface area contributed by atoms with E-state index in [1.54, 1.807) is 6.92 Å². The Labute approximate surface area is 91.2 Å². The third kappa shape index (κ3) is 3.80. The van der Waals surface area contributed by atoms with E-state index in [0.717, 1.165) is 39.0 Å². The van der Waals surface area contributed by atoms with Crippen molar-refractivity contribution < 1.29 is 14.6 Å². The molecule has 0 radical (unpaired) electrons. The lowest BCUT2D eigenvalue weighted by molar-refractivity contribution is -0.144. The maximum Gasteiger partial charge on any atom is 0.320 e. The molecule has 15 heavy (non-hydrogen) atoms. The lowest BCUT2D eigenvalue weighted by atomic mass is 10.1. The molecule has 1 rings (SSSR count). The second kappa shape index (κ2) is 6.08. The second-order valence-corrected chi connectivity index (χ2v) is 4.14. The molecule has 1 fully saturated rings. The molecule has 0 aromatic heterocycles. The van der Waals surface area contributed by atoms with E-state index in [1.807, 2.05) is 4.90 Å². The van der Waals surface area contributed by atoms with E-state index in [9.17, 15) is 4.79 Å². The summed E-state index contributed by atoms with van der Waals surface area (Å²) >= 11 is 0. The monoisotopic (exact) mass is 215 g/mol. The summed E-state index contributed by atoms with van der Waals surface area (Å²) in [4.78, 5) is 12.8. The van der Waals surface area contributed by atoms with E-state index in [-0.39, 0.29) is 6.10 Å². The highest BCUT2D eigenvalue weighted by Crippen LogP contribution is 2.15. The highest BCUT2D eigenvalue weighted by molar-refractivity contribution is 5.72. The molecule has 4 heteroatoms. The molecule has 4 nitrogen and oxygen atoms in total. The van der Waals surface area contributed by atoms with Gasteiger partial charge >= 0.3 is 5.97 Å². The second-order valence-electron chi connectivity index (χ2n) is 4.14. The molecule has 0 aliphatic carbocycles. The SMILES string of the molecule is CCCOC1CCCN(C(C)C(=O)O)C1. The van der Waals surface area contributed by atoms with E-state index in [1.165, 1.54) is 0 Å². The molecule has 2 atom stereocenters. The van der Waals surface area contributed by atoms with Crippen LogP contribution >= 0.6 is 0 Å². The number of rotatable bonds is 5. The van der Waals surface area contributed by atoms with Crippen molar-refractivity contribution in [1.82, 2.24) is 4.90 Å². The quantitative estimate of drug-likeness (QED) is 0.752. The number of ether oxygens (including phenoxy) is 1. The molecule has 1 heterocycles. The van der Waals surface area contributed by atoms with Crippen molar-refractivity contribution in [2.45, 2.75) is 45.3 Å². The fourth-order valence-corrected chi connectivity index (χ4v) is 1.89. The highest BCUT2D eigenvalue weighted by Gasteiger charge is 2.27. The van der Waals surface area contributed by atoms with Crippen LogP contribution in [0.3, 0.4) is 0 Å². The predicted molar refractivity (Wildman–Crippen MR) is 57.9 cm³/mol. The van der Waals surface area contributed by atoms with Gasteiger partial charge in [-0.15, -0.1) is 0 Å². The summed E-state index contributed by atoms with van der Waals surface area (Å²) < 4.78 is 5.66. The van der Waals surface area contributed by atoms with Crippen molar-refractivity contribution >= 4 is 5.97 Å². The van der Waals surface area contributed by atoms with E-state index >= 15 is 0 Å². The minimum Gasteiger partial charge on any atom is -0.480 e. The van der Waals surface area contributed by atoms with Crippen LogP contribution in [0.2, 0.25) is 0 Å². The van der Waals surface area contributed by atoms with Crippen molar-refractivity contribution in [3.63, 3.8) is 0 Å². The average Bonchev–Trinajstić information content (AvgIpc) is 2.25. The fraction of sp³-hybridized carbons (Fsp3) is 0.909. The first-order chi connectivity index (χ1) is 7.15. The third-order valence-corrected chi connectivity index (χ3v) is 2.87. The Morgan fingerprint density at radius 2 is 2.40 bits per heavy atom. The van der Waals surface area contributed by atoms with E-state index in [2.05, 4.69) is 6.92 Å². The van der Waals surface area contributed by atoms with E-state index < -0.39 is 12.0 Å². The molecule has 0 amide bonds. The number of likely N-dealkylation sites (tertiary alicyclic amines) is 1. The Morgan fingerprint density at radius 1 is 1.67 bits per heavy atom. The van der Waals surface area contributed by atoms with E-state index in [0.29, 0.717) is 0 Å². The van der Waals surface area contributed by atoms with Crippen molar-refractivity contribution in [1.29, 1.82) is 0 Å². The molecule has 1 N–H and O–H groups in total. The van der Waals surface area contributed by atoms with Crippen LogP contribution in [0.1, 0.15) is 33.1 Å². The molecule has 1 aliphatic rings. The first kappa shape index (κ1) is 12.5. The highest BCUT2D eigenvalue weighted by atomic mass is 16.5. The van der Waals surface area contributed by atoms with Crippen LogP contribution < -0.4 is 0 Å². The van der Waals surface area contributed by atoms with Crippen molar-refractivity contribution in [2.24, 2.45) is 0 Å². The number of hydrogen-bond acceptors (Lipinski definition) is 3. The fourth-order valence-electron chi connectivity index (χ4n) is 1.89. The standard InChI is InChI=1S/C11H21NO3/c1-3-7-15-10-5-4-6-12(8-10)9(2)11(13)14/h9-10H,3-8H2,1-2H3,(H,13,14). The summed E-state index contributed by atoms with van der Waals surface area (Å²) in [6.07, 6.45) is 3.33. The largest absolute Gasteiger partial charge is 0.480 e. The summed E-state index contributed by atoms with van der Waals surface area (Å²) in [6.45, 7) is 6.23. The van der Waals surface area contributed by atoms with Gasteiger partial charge in [-0.1, -0.05) is 6.92 Å². The Morgan fingerprint density at radius 3 is 3.00 bits per heavy atom. The normalized spacial score (nSPS) is 25.1. The van der Waals surface area contributed by atoms with Gasteiger partial charge in [0.1, 0.15) is 6.04 Å². The minimum absolute atomic E-state index is 0.223. The first-order valence-electron chi connectivity index (χ1n) is 5.73. The van der Waals surface area contributed by atoms with Crippen LogP contribution in [0.4, 0.5) is 0 Å². The summed E-state index contributed by atoms with van der Waals surface area (Å²) in [5.41, 5.74) is 0. The van der Waals surface area contributed by atoms with Gasteiger partial charge in [0.2, 0.25) is 0 Å². The van der Waals surface area contributed by atoms with Gasteiger partial charge in [0, 0.05) is 13.2 Å². The van der Waals surface area contributed by atoms with Crippen LogP contribution in [0, 0.1) is 0 Å². The molecule has 0 aromatic rings. The Hall–Kier alpha value is -0.610. The zero-order valence-electron chi connectivity index (χ0n) is 9.61. The average molecular weight is 215 g/mol. The molecule has 0 spiro atoms. The van der Waals surface area contributed by atoms with Crippen LogP contribution in [0.25, 0.3) is 0 Å². The van der Waals surface area contributed by atoms with Gasteiger partial charge in [-0.05, 0) is 32.7 Å². The number of carboxylic acid groups (broad SMARTS) is 1. The number of carboxylic acids is 1. The third-order valence-electron chi connectivity index (χ3n) is 2.87. The van der Waals surface area contributed by atoms with Crippen LogP contribution in [0.15, 0.2) is 0 Å². The lowest BCUT2D eigenvalue weighted by Gasteiger charge is -2.34. The van der Waals surface area contributed by atoms with Gasteiger partial charge < -0.3 is 9.84 Å². The van der Waals surface area contributed by atoms with Crippen molar-refractivity contribution in [2.75, 3.05) is 19.7 Å². The maximum atomic E-state index is 10.8. The molecule has 0 bridgehead atoms. The zero-order chi connectivity index (χ0) is 11.3. The minimum atomic E-state index is -0.744. The molecule has 0 saturated carbocycles. The molecule has 2 unspecified atom stereocenters. The Kier molecular flexibility index (Phi) is 5.05. The Balaban J connectivity index is 2.38. The number of carbonyl (C=O) groups is 1. The van der Waals surface area contributed by atoms with Gasteiger partial charge in [0.15, 0.2) is 0 Å². The van der Waals surface area contributed by atoms with Crippen molar-refractivity contribution in [3.8, 4) is 0 Å². The van der Waals surface area contributed by atoms with Crippen LogP contribution in [-0.2, 0) is 9.53 Å². The van der Waals surface area contributed by atoms with Gasteiger partial charge in [-0.2, -0.15) is 0 Å². The first-order valence-corrected chi connectivity index (χ1v) is 5.73. The summed E-state index contributed by atoms with van der Waals surface area (Å²) in [6, 6.07) is -0.391. The van der Waals surface area contributed by atoms with Gasteiger partial charge in [-0.25, -0.2) is 0 Å². The summed E-state index contributed by atoms with van der Waals surface area (Å²) in [5.74, 6) is -0.744. The molecule has 88 valence electrons. The van der Waals surface area contributed by atoms with Crippen molar-refractivity contribution in [3.05, 3.63) is 0 Å². The number of piperidine rings is 1. The molecule has 1 aliphatic heterocycles. The topological polar surface area (TPSA) is 49.8 Å². The van der Waals surface area contributed by atoms with Crippen LogP contribution in [0.5, 0.6) is 0 Å². The maximum absolute atomic E-state index is 10.8. The van der Waals surface area contributed by atoms with Gasteiger partial charge in [0.25, 0.3) is 0 Å². The number of nitrogens with zero attached hydrogens (tertiary/aromatic N) is 1. The number of aliphatic carboxylic acids is 1. The Bertz CT molecular complexity index is 208.